The van der Waals surface area contributed by atoms with E-state index in [0.717, 1.165) is 0 Å². The van der Waals surface area contributed by atoms with E-state index in [2.05, 4.69) is 24.6 Å². The number of hydrogen-bond donors (Lipinski definition) is 0. The van der Waals surface area contributed by atoms with Crippen LogP contribution in [0.25, 0.3) is 22.8 Å². The normalized spacial score (nSPS) is 11.8. The van der Waals surface area contributed by atoms with E-state index in [4.69, 9.17) is 4.42 Å². The maximum absolute atomic E-state index is 12.4. The molecule has 3 rings (SSSR count). The summed E-state index contributed by atoms with van der Waals surface area (Å²) in [5.74, 6) is -1.57. The minimum Gasteiger partial charge on any atom is -0.451 e. The average Bonchev–Trinajstić information content (AvgIpc) is 3.10. The van der Waals surface area contributed by atoms with E-state index in [1.165, 1.54) is 31.0 Å². The fourth-order valence-electron chi connectivity index (χ4n) is 1.50. The molecule has 9 heteroatoms. The molecule has 0 aliphatic rings. The first kappa shape index (κ1) is 12.3. The third-order valence-electron chi connectivity index (χ3n) is 2.38. The zero-order valence-corrected chi connectivity index (χ0v) is 9.63. The van der Waals surface area contributed by atoms with Crippen molar-refractivity contribution in [2.45, 2.75) is 6.18 Å². The molecule has 0 amide bonds. The highest BCUT2D eigenvalue weighted by Gasteiger charge is 2.38. The molecule has 0 N–H and O–H groups in total. The smallest absolute Gasteiger partial charge is 0.451 e. The van der Waals surface area contributed by atoms with Gasteiger partial charge in [-0.3, -0.25) is 4.98 Å². The van der Waals surface area contributed by atoms with E-state index in [-0.39, 0.29) is 5.82 Å². The molecule has 20 heavy (non-hydrogen) atoms. The molecule has 0 saturated heterocycles. The van der Waals surface area contributed by atoms with Gasteiger partial charge in [-0.05, 0) is 12.1 Å². The molecule has 0 saturated carbocycles. The lowest BCUT2D eigenvalue weighted by Gasteiger charge is -1.98. The molecule has 3 aromatic heterocycles. The Balaban J connectivity index is 1.99. The van der Waals surface area contributed by atoms with E-state index < -0.39 is 12.1 Å². The Morgan fingerprint density at radius 3 is 2.60 bits per heavy atom. The summed E-state index contributed by atoms with van der Waals surface area (Å²) in [7, 11) is 0. The zero-order chi connectivity index (χ0) is 14.2. The van der Waals surface area contributed by atoms with Crippen molar-refractivity contribution < 1.29 is 22.1 Å². The summed E-state index contributed by atoms with van der Waals surface area (Å²) in [5, 5.41) is 3.30. The monoisotopic (exact) mass is 282 g/mol. The molecule has 0 spiro atoms. The van der Waals surface area contributed by atoms with Gasteiger partial charge in [-0.25, -0.2) is 4.98 Å². The molecule has 3 aromatic rings. The summed E-state index contributed by atoms with van der Waals surface area (Å²) in [6, 6.07) is 2.96. The van der Waals surface area contributed by atoms with E-state index in [1.54, 1.807) is 0 Å². The SMILES string of the molecule is FC(F)(F)c1nc(-c2ccnc(-c3cocn3)c2)no1. The van der Waals surface area contributed by atoms with Crippen LogP contribution in [-0.4, -0.2) is 20.1 Å². The van der Waals surface area contributed by atoms with Crippen LogP contribution < -0.4 is 0 Å². The molecule has 0 atom stereocenters. The van der Waals surface area contributed by atoms with Gasteiger partial charge in [0.15, 0.2) is 6.39 Å². The Hall–Kier alpha value is -2.71. The first-order chi connectivity index (χ1) is 9.54. The van der Waals surface area contributed by atoms with Gasteiger partial charge in [0.1, 0.15) is 12.0 Å². The van der Waals surface area contributed by atoms with Gasteiger partial charge in [0.2, 0.25) is 5.82 Å². The van der Waals surface area contributed by atoms with Gasteiger partial charge in [-0.15, -0.1) is 0 Å². The van der Waals surface area contributed by atoms with Gasteiger partial charge in [-0.1, -0.05) is 5.16 Å². The quantitative estimate of drug-likeness (QED) is 0.719. The highest BCUT2D eigenvalue weighted by Crippen LogP contribution is 2.29. The van der Waals surface area contributed by atoms with Crippen molar-refractivity contribution in [1.29, 1.82) is 0 Å². The second kappa shape index (κ2) is 4.44. The third-order valence-corrected chi connectivity index (χ3v) is 2.38. The Labute approximate surface area is 109 Å². The summed E-state index contributed by atoms with van der Waals surface area (Å²) in [4.78, 5) is 11.2. The minimum absolute atomic E-state index is 0.176. The first-order valence-corrected chi connectivity index (χ1v) is 5.30. The molecule has 3 heterocycles. The number of hydrogen-bond acceptors (Lipinski definition) is 6. The lowest BCUT2D eigenvalue weighted by Crippen LogP contribution is -2.04. The number of nitrogens with zero attached hydrogens (tertiary/aromatic N) is 4. The molecule has 6 nitrogen and oxygen atoms in total. The standard InChI is InChI=1S/C11H5F3N4O2/c12-11(13,14)10-17-9(18-20-10)6-1-2-15-7(3-6)8-4-19-5-16-8/h1-5H. The first-order valence-electron chi connectivity index (χ1n) is 5.30. The van der Waals surface area contributed by atoms with Crippen molar-refractivity contribution in [1.82, 2.24) is 20.1 Å². The number of aromatic nitrogens is 4. The Bertz CT molecular complexity index is 721. The highest BCUT2D eigenvalue weighted by atomic mass is 19.4. The number of alkyl halides is 3. The molecule has 0 fully saturated rings. The second-order valence-electron chi connectivity index (χ2n) is 3.72. The van der Waals surface area contributed by atoms with Crippen LogP contribution in [0.3, 0.4) is 0 Å². The Morgan fingerprint density at radius 2 is 1.95 bits per heavy atom. The summed E-state index contributed by atoms with van der Waals surface area (Å²) in [6.45, 7) is 0. The minimum atomic E-state index is -4.67. The predicted molar refractivity (Wildman–Crippen MR) is 58.0 cm³/mol. The van der Waals surface area contributed by atoms with Crippen LogP contribution in [-0.2, 0) is 6.18 Å². The maximum Gasteiger partial charge on any atom is 0.471 e. The summed E-state index contributed by atoms with van der Waals surface area (Å²) < 4.78 is 46.2. The van der Waals surface area contributed by atoms with E-state index in [0.29, 0.717) is 17.0 Å². The number of pyridine rings is 1. The molecular weight excluding hydrogens is 277 g/mol. The summed E-state index contributed by atoms with van der Waals surface area (Å²) >= 11 is 0. The zero-order valence-electron chi connectivity index (χ0n) is 9.63. The van der Waals surface area contributed by atoms with Crippen LogP contribution in [0.4, 0.5) is 13.2 Å². The molecule has 0 radical (unpaired) electrons. The van der Waals surface area contributed by atoms with Crippen molar-refractivity contribution in [2.24, 2.45) is 0 Å². The van der Waals surface area contributed by atoms with Crippen LogP contribution in [0.1, 0.15) is 5.89 Å². The molecular formula is C11H5F3N4O2. The van der Waals surface area contributed by atoms with Gasteiger partial charge >= 0.3 is 12.1 Å². The van der Waals surface area contributed by atoms with E-state index in [1.807, 2.05) is 0 Å². The van der Waals surface area contributed by atoms with E-state index >= 15 is 0 Å². The van der Waals surface area contributed by atoms with Crippen LogP contribution >= 0.6 is 0 Å². The maximum atomic E-state index is 12.4. The number of halogens is 3. The van der Waals surface area contributed by atoms with Gasteiger partial charge in [0.05, 0.1) is 5.69 Å². The average molecular weight is 282 g/mol. The predicted octanol–water partition coefficient (Wildman–Crippen LogP) is 2.81. The molecule has 0 aromatic carbocycles. The Kier molecular flexibility index (Phi) is 2.74. The van der Waals surface area contributed by atoms with Crippen molar-refractivity contribution >= 4 is 0 Å². The lowest BCUT2D eigenvalue weighted by atomic mass is 10.2. The fraction of sp³-hybridized carbons (Fsp3) is 0.0909. The van der Waals surface area contributed by atoms with Gasteiger partial charge in [-0.2, -0.15) is 18.2 Å². The van der Waals surface area contributed by atoms with Crippen LogP contribution in [0.15, 0.2) is 39.9 Å². The summed E-state index contributed by atoms with van der Waals surface area (Å²) in [5.41, 5.74) is 1.21. The summed E-state index contributed by atoms with van der Waals surface area (Å²) in [6.07, 6.45) is -0.681. The lowest BCUT2D eigenvalue weighted by molar-refractivity contribution is -0.159. The van der Waals surface area contributed by atoms with Crippen LogP contribution in [0.5, 0.6) is 0 Å². The van der Waals surface area contributed by atoms with Crippen molar-refractivity contribution in [3.8, 4) is 22.8 Å². The molecule has 102 valence electrons. The third kappa shape index (κ3) is 2.25. The van der Waals surface area contributed by atoms with Crippen LogP contribution in [0.2, 0.25) is 0 Å². The fourth-order valence-corrected chi connectivity index (χ4v) is 1.50. The number of oxazole rings is 1. The highest BCUT2D eigenvalue weighted by molar-refractivity contribution is 5.63. The second-order valence-corrected chi connectivity index (χ2v) is 3.72. The van der Waals surface area contributed by atoms with Crippen molar-refractivity contribution in [3.05, 3.63) is 36.9 Å². The Morgan fingerprint density at radius 1 is 1.10 bits per heavy atom. The molecule has 0 unspecified atom stereocenters. The van der Waals surface area contributed by atoms with Crippen molar-refractivity contribution in [2.75, 3.05) is 0 Å². The molecule has 0 aliphatic carbocycles. The van der Waals surface area contributed by atoms with Crippen LogP contribution in [0, 0.1) is 0 Å². The molecule has 0 bridgehead atoms. The largest absolute Gasteiger partial charge is 0.471 e. The van der Waals surface area contributed by atoms with E-state index in [9.17, 15) is 13.2 Å². The van der Waals surface area contributed by atoms with Crippen molar-refractivity contribution in [3.63, 3.8) is 0 Å². The van der Waals surface area contributed by atoms with Gasteiger partial charge in [0, 0.05) is 11.8 Å². The van der Waals surface area contributed by atoms with Gasteiger partial charge < -0.3 is 8.94 Å². The van der Waals surface area contributed by atoms with Gasteiger partial charge in [0.25, 0.3) is 0 Å². The topological polar surface area (TPSA) is 77.8 Å². The molecule has 0 aliphatic heterocycles. The number of rotatable bonds is 2.